The summed E-state index contributed by atoms with van der Waals surface area (Å²) in [6.45, 7) is 2.05. The number of ether oxygens (including phenoxy) is 1. The highest BCUT2D eigenvalue weighted by molar-refractivity contribution is 5.75. The number of carboxylic acids is 6. The molecule has 0 saturated carbocycles. The van der Waals surface area contributed by atoms with E-state index >= 15 is 0 Å². The first-order chi connectivity index (χ1) is 20.0. The van der Waals surface area contributed by atoms with Crippen molar-refractivity contribution < 1.29 is 89.7 Å². The molecule has 0 aromatic heterocycles. The van der Waals surface area contributed by atoms with Gasteiger partial charge >= 0.3 is 35.8 Å². The summed E-state index contributed by atoms with van der Waals surface area (Å²) in [7, 11) is 0. The van der Waals surface area contributed by atoms with Gasteiger partial charge in [0, 0.05) is 31.1 Å². The van der Waals surface area contributed by atoms with Gasteiger partial charge in [0.15, 0.2) is 0 Å². The van der Waals surface area contributed by atoms with Crippen LogP contribution in [0.25, 0.3) is 0 Å². The van der Waals surface area contributed by atoms with Gasteiger partial charge in [0.1, 0.15) is 0 Å². The quantitative estimate of drug-likeness (QED) is 0.0737. The van der Waals surface area contributed by atoms with Crippen LogP contribution in [0.3, 0.4) is 0 Å². The fourth-order valence-corrected chi connectivity index (χ4v) is 1.87. The van der Waals surface area contributed by atoms with E-state index < -0.39 is 41.2 Å². The molecule has 0 spiro atoms. The third kappa shape index (κ3) is 55.2. The average molecular weight is 637 g/mol. The summed E-state index contributed by atoms with van der Waals surface area (Å²) in [6, 6.07) is 0. The van der Waals surface area contributed by atoms with Crippen molar-refractivity contribution >= 4 is 35.8 Å². The van der Waals surface area contributed by atoms with Crippen molar-refractivity contribution in [2.24, 2.45) is 5.41 Å². The van der Waals surface area contributed by atoms with Crippen LogP contribution in [0.1, 0.15) is 71.1 Å². The van der Waals surface area contributed by atoms with Crippen molar-refractivity contribution in [1.82, 2.24) is 0 Å². The molecule has 0 heterocycles. The minimum atomic E-state index is -1.08. The maximum Gasteiger partial charge on any atom is 0.303 e. The van der Waals surface area contributed by atoms with Gasteiger partial charge in [-0.25, -0.2) is 0 Å². The van der Waals surface area contributed by atoms with Crippen LogP contribution in [0, 0.1) is 5.41 Å². The predicted molar refractivity (Wildman–Crippen MR) is 146 cm³/mol. The van der Waals surface area contributed by atoms with Crippen molar-refractivity contribution in [3.8, 4) is 0 Å². The van der Waals surface area contributed by atoms with Crippen molar-refractivity contribution in [3.63, 3.8) is 0 Å². The standard InChI is InChI=1S/C6H10O4.C6H14O3.C5H8O4.C4H6O4.C4H10O3/c7-5(8)3-1-2-4-6(9)10;1-2-6(3-7,4-8)5-9;6-4(7)2-1-3-5(8)9;5-3(6)1-2-4(7)8;5-1-3-7-4-2-6/h1-4H2,(H,7,8)(H,9,10);7-9H,2-5H2,1H3;1-3H2,(H,6,7)(H,8,9);1-2H2,(H,5,6)(H,7,8);5-6H,1-4H2. The molecular weight excluding hydrogens is 588 g/mol. The summed E-state index contributed by atoms with van der Waals surface area (Å²) in [5, 5.41) is 90.3. The zero-order valence-corrected chi connectivity index (χ0v) is 24.3. The van der Waals surface area contributed by atoms with Gasteiger partial charge in [0.05, 0.1) is 59.1 Å². The molecule has 0 aromatic carbocycles. The Morgan fingerprint density at radius 3 is 0.884 bits per heavy atom. The molecule has 0 saturated heterocycles. The normalized spacial score (nSPS) is 9.63. The van der Waals surface area contributed by atoms with E-state index in [9.17, 15) is 28.8 Å². The van der Waals surface area contributed by atoms with E-state index in [-0.39, 0.29) is 78.0 Å². The van der Waals surface area contributed by atoms with E-state index in [0.717, 1.165) is 0 Å². The van der Waals surface area contributed by atoms with Crippen LogP contribution in [0.15, 0.2) is 0 Å². The predicted octanol–water partition coefficient (Wildman–Crippen LogP) is -0.675. The molecule has 0 aliphatic heterocycles. The van der Waals surface area contributed by atoms with Crippen molar-refractivity contribution in [2.45, 2.75) is 71.1 Å². The minimum Gasteiger partial charge on any atom is -0.481 e. The SMILES string of the molecule is CCC(CO)(CO)CO.O=C(O)CCC(=O)O.O=C(O)CCCC(=O)O.O=C(O)CCCCC(=O)O.OCCOCCO. The van der Waals surface area contributed by atoms with Gasteiger partial charge in [-0.2, -0.15) is 0 Å². The van der Waals surface area contributed by atoms with Crippen molar-refractivity contribution in [2.75, 3.05) is 46.2 Å². The molecule has 0 fully saturated rings. The van der Waals surface area contributed by atoms with Crippen LogP contribution in [-0.4, -0.2) is 138 Å². The molecule has 0 aromatic rings. The molecule has 256 valence electrons. The third-order valence-electron chi connectivity index (χ3n) is 4.59. The second-order valence-electron chi connectivity index (χ2n) is 8.31. The Kier molecular flexibility index (Phi) is 41.9. The summed E-state index contributed by atoms with van der Waals surface area (Å²) in [4.78, 5) is 58.6. The van der Waals surface area contributed by atoms with Gasteiger partial charge < -0.3 is 60.9 Å². The number of hydrogen-bond acceptors (Lipinski definition) is 12. The Morgan fingerprint density at radius 2 is 0.721 bits per heavy atom. The van der Waals surface area contributed by atoms with Gasteiger partial charge in [0.2, 0.25) is 0 Å². The molecule has 0 rings (SSSR count). The Hall–Kier alpha value is -3.42. The lowest BCUT2D eigenvalue weighted by atomic mass is 9.88. The van der Waals surface area contributed by atoms with Crippen LogP contribution in [-0.2, 0) is 33.5 Å². The molecule has 0 amide bonds. The lowest BCUT2D eigenvalue weighted by molar-refractivity contribution is -0.143. The van der Waals surface area contributed by atoms with E-state index in [2.05, 4.69) is 4.74 Å². The molecule has 18 nitrogen and oxygen atoms in total. The first kappa shape index (κ1) is 49.3. The van der Waals surface area contributed by atoms with E-state index in [0.29, 0.717) is 32.5 Å². The molecule has 0 unspecified atom stereocenters. The van der Waals surface area contributed by atoms with Crippen molar-refractivity contribution in [3.05, 3.63) is 0 Å². The van der Waals surface area contributed by atoms with Gasteiger partial charge in [-0.15, -0.1) is 0 Å². The van der Waals surface area contributed by atoms with Gasteiger partial charge in [0.25, 0.3) is 0 Å². The first-order valence-corrected chi connectivity index (χ1v) is 13.0. The van der Waals surface area contributed by atoms with Crippen LogP contribution in [0.2, 0.25) is 0 Å². The number of aliphatic carboxylic acids is 6. The second-order valence-corrected chi connectivity index (χ2v) is 8.31. The molecule has 0 aliphatic carbocycles. The molecule has 0 radical (unpaired) electrons. The van der Waals surface area contributed by atoms with Gasteiger partial charge in [-0.05, 0) is 25.7 Å². The van der Waals surface area contributed by atoms with Crippen LogP contribution in [0.4, 0.5) is 0 Å². The zero-order chi connectivity index (χ0) is 34.7. The number of aliphatic hydroxyl groups excluding tert-OH is 5. The summed E-state index contributed by atoms with van der Waals surface area (Å²) in [5.41, 5.74) is -0.667. The smallest absolute Gasteiger partial charge is 0.303 e. The average Bonchev–Trinajstić information content (AvgIpc) is 2.93. The third-order valence-corrected chi connectivity index (χ3v) is 4.59. The Morgan fingerprint density at radius 1 is 0.465 bits per heavy atom. The van der Waals surface area contributed by atoms with E-state index in [1.54, 1.807) is 0 Å². The number of rotatable bonds is 20. The highest BCUT2D eigenvalue weighted by Crippen LogP contribution is 2.18. The fourth-order valence-electron chi connectivity index (χ4n) is 1.87. The molecule has 11 N–H and O–H groups in total. The second kappa shape index (κ2) is 36.6. The van der Waals surface area contributed by atoms with Gasteiger partial charge in [-0.1, -0.05) is 6.92 Å². The van der Waals surface area contributed by atoms with E-state index in [4.69, 9.17) is 56.2 Å². The summed E-state index contributed by atoms with van der Waals surface area (Å²) >= 11 is 0. The number of unbranched alkanes of at least 4 members (excludes halogenated alkanes) is 1. The minimum absolute atomic E-state index is 0.0278. The molecule has 0 atom stereocenters. The van der Waals surface area contributed by atoms with Crippen LogP contribution < -0.4 is 0 Å². The van der Waals surface area contributed by atoms with E-state index in [1.807, 2.05) is 6.92 Å². The summed E-state index contributed by atoms with van der Waals surface area (Å²) in [5.74, 6) is -5.79. The number of hydrogen-bond donors (Lipinski definition) is 11. The monoisotopic (exact) mass is 636 g/mol. The molecule has 0 bridgehead atoms. The number of carboxylic acid groups (broad SMARTS) is 6. The van der Waals surface area contributed by atoms with Gasteiger partial charge in [-0.3, -0.25) is 28.8 Å². The highest BCUT2D eigenvalue weighted by atomic mass is 16.5. The first-order valence-electron chi connectivity index (χ1n) is 13.0. The molecule has 18 heteroatoms. The summed E-state index contributed by atoms with van der Waals surface area (Å²) in [6.07, 6.45) is 1.11. The zero-order valence-electron chi connectivity index (χ0n) is 24.3. The molecule has 43 heavy (non-hydrogen) atoms. The molecule has 0 aliphatic rings. The Balaban J connectivity index is -0.000000141. The van der Waals surface area contributed by atoms with Crippen molar-refractivity contribution in [1.29, 1.82) is 0 Å². The Bertz CT molecular complexity index is 655. The van der Waals surface area contributed by atoms with Crippen LogP contribution in [0.5, 0.6) is 0 Å². The van der Waals surface area contributed by atoms with Crippen LogP contribution >= 0.6 is 0 Å². The molecular formula is C25H48O18. The van der Waals surface area contributed by atoms with E-state index in [1.165, 1.54) is 0 Å². The lowest BCUT2D eigenvalue weighted by Crippen LogP contribution is -2.32. The number of aliphatic hydroxyl groups is 5. The Labute approximate surface area is 248 Å². The fraction of sp³-hybridized carbons (Fsp3) is 0.760. The maximum absolute atomic E-state index is 9.90. The largest absolute Gasteiger partial charge is 0.481 e. The number of carbonyl (C=O) groups is 6. The summed E-state index contributed by atoms with van der Waals surface area (Å²) < 4.78 is 4.63. The lowest BCUT2D eigenvalue weighted by Gasteiger charge is -2.24. The maximum atomic E-state index is 9.90. The topological polar surface area (TPSA) is 334 Å². The highest BCUT2D eigenvalue weighted by Gasteiger charge is 2.24.